The SMILES string of the molecule is O=C(CN1C(=O)CNC1=O)N1CCC(c2ccccc2)(c2cn3ccsc3n2)CC1. The maximum atomic E-state index is 12.8. The van der Waals surface area contributed by atoms with Gasteiger partial charge in [0, 0.05) is 36.3 Å². The zero-order chi connectivity index (χ0) is 20.7. The molecule has 0 radical (unpaired) electrons. The van der Waals surface area contributed by atoms with E-state index in [1.54, 1.807) is 16.2 Å². The van der Waals surface area contributed by atoms with Crippen LogP contribution in [0.5, 0.6) is 0 Å². The number of aromatic nitrogens is 2. The summed E-state index contributed by atoms with van der Waals surface area (Å²) in [5.74, 6) is -0.560. The highest BCUT2D eigenvalue weighted by atomic mass is 32.1. The molecule has 0 saturated carbocycles. The molecule has 2 aromatic heterocycles. The van der Waals surface area contributed by atoms with Crippen molar-refractivity contribution < 1.29 is 14.4 Å². The average molecular weight is 423 g/mol. The number of thiazole rings is 1. The predicted octanol–water partition coefficient (Wildman–Crippen LogP) is 1.86. The van der Waals surface area contributed by atoms with E-state index in [2.05, 4.69) is 23.6 Å². The van der Waals surface area contributed by atoms with Crippen molar-refractivity contribution in [3.63, 3.8) is 0 Å². The monoisotopic (exact) mass is 423 g/mol. The summed E-state index contributed by atoms with van der Waals surface area (Å²) in [6.45, 7) is 0.842. The van der Waals surface area contributed by atoms with Gasteiger partial charge in [-0.1, -0.05) is 30.3 Å². The Morgan fingerprint density at radius 3 is 2.60 bits per heavy atom. The lowest BCUT2D eigenvalue weighted by atomic mass is 9.70. The molecule has 2 aliphatic rings. The van der Waals surface area contributed by atoms with E-state index in [9.17, 15) is 14.4 Å². The van der Waals surface area contributed by atoms with E-state index in [1.807, 2.05) is 34.2 Å². The fourth-order valence-corrected chi connectivity index (χ4v) is 5.10. The minimum absolute atomic E-state index is 0.0410. The zero-order valence-corrected chi connectivity index (χ0v) is 17.1. The summed E-state index contributed by atoms with van der Waals surface area (Å²) < 4.78 is 2.04. The second-order valence-electron chi connectivity index (χ2n) is 7.69. The smallest absolute Gasteiger partial charge is 0.325 e. The Bertz CT molecular complexity index is 1070. The number of carbonyl (C=O) groups excluding carboxylic acids is 3. The normalized spacial score (nSPS) is 18.8. The minimum Gasteiger partial charge on any atom is -0.341 e. The average Bonchev–Trinajstić information content (AvgIpc) is 3.46. The molecule has 1 N–H and O–H groups in total. The van der Waals surface area contributed by atoms with E-state index in [0.717, 1.165) is 28.4 Å². The van der Waals surface area contributed by atoms with E-state index in [4.69, 9.17) is 4.98 Å². The summed E-state index contributed by atoms with van der Waals surface area (Å²) in [5, 5.41) is 4.46. The number of amides is 4. The Hall–Kier alpha value is -3.20. The van der Waals surface area contributed by atoms with Gasteiger partial charge in [0.1, 0.15) is 6.54 Å². The molecule has 0 atom stereocenters. The van der Waals surface area contributed by atoms with Crippen LogP contribution in [0.1, 0.15) is 24.1 Å². The van der Waals surface area contributed by atoms with Gasteiger partial charge < -0.3 is 10.2 Å². The lowest BCUT2D eigenvalue weighted by molar-refractivity contribution is -0.137. The number of nitrogens with zero attached hydrogens (tertiary/aromatic N) is 4. The van der Waals surface area contributed by atoms with E-state index in [1.165, 1.54) is 5.56 Å². The number of fused-ring (bicyclic) bond motifs is 1. The van der Waals surface area contributed by atoms with Gasteiger partial charge in [-0.3, -0.25) is 18.9 Å². The van der Waals surface area contributed by atoms with Crippen molar-refractivity contribution in [2.24, 2.45) is 0 Å². The first kappa shape index (κ1) is 18.8. The summed E-state index contributed by atoms with van der Waals surface area (Å²) >= 11 is 1.60. The largest absolute Gasteiger partial charge is 0.341 e. The molecule has 2 fully saturated rings. The van der Waals surface area contributed by atoms with Crippen LogP contribution in [0.15, 0.2) is 48.1 Å². The summed E-state index contributed by atoms with van der Waals surface area (Å²) in [6, 6.07) is 9.81. The lowest BCUT2D eigenvalue weighted by Crippen LogP contribution is -2.49. The first-order valence-electron chi connectivity index (χ1n) is 9.91. The van der Waals surface area contributed by atoms with E-state index >= 15 is 0 Å². The van der Waals surface area contributed by atoms with Gasteiger partial charge in [-0.15, -0.1) is 11.3 Å². The Morgan fingerprint density at radius 1 is 1.17 bits per heavy atom. The van der Waals surface area contributed by atoms with Crippen molar-refractivity contribution >= 4 is 34.1 Å². The van der Waals surface area contributed by atoms with Crippen LogP contribution in [0.4, 0.5) is 4.79 Å². The fourth-order valence-electron chi connectivity index (χ4n) is 4.40. The number of hydrogen-bond acceptors (Lipinski definition) is 5. The number of imide groups is 1. The summed E-state index contributed by atoms with van der Waals surface area (Å²) in [5.41, 5.74) is 1.93. The van der Waals surface area contributed by atoms with Crippen molar-refractivity contribution in [3.8, 4) is 0 Å². The number of likely N-dealkylation sites (tertiary alicyclic amines) is 1. The van der Waals surface area contributed by atoms with Gasteiger partial charge in [-0.25, -0.2) is 9.78 Å². The highest BCUT2D eigenvalue weighted by Crippen LogP contribution is 2.41. The van der Waals surface area contributed by atoms with Crippen LogP contribution in [-0.2, 0) is 15.0 Å². The number of urea groups is 1. The second-order valence-corrected chi connectivity index (χ2v) is 8.56. The van der Waals surface area contributed by atoms with E-state index < -0.39 is 6.03 Å². The molecule has 8 nitrogen and oxygen atoms in total. The van der Waals surface area contributed by atoms with Crippen molar-refractivity contribution in [1.82, 2.24) is 24.5 Å². The molecule has 4 amide bonds. The fraction of sp³-hybridized carbons (Fsp3) is 0.333. The first-order chi connectivity index (χ1) is 14.6. The molecule has 2 saturated heterocycles. The number of piperidine rings is 1. The molecule has 0 aliphatic carbocycles. The molecule has 5 rings (SSSR count). The Balaban J connectivity index is 1.39. The number of nitrogens with one attached hydrogen (secondary N) is 1. The molecular formula is C21H21N5O3S. The van der Waals surface area contributed by atoms with Crippen LogP contribution in [0.3, 0.4) is 0 Å². The van der Waals surface area contributed by atoms with Crippen LogP contribution in [-0.4, -0.2) is 63.2 Å². The molecule has 30 heavy (non-hydrogen) atoms. The van der Waals surface area contributed by atoms with Crippen molar-refractivity contribution in [2.75, 3.05) is 26.2 Å². The standard InChI is InChI=1S/C21H21N5O3S/c27-17-12-22-19(29)26(17)14-18(28)24-8-6-21(7-9-24,15-4-2-1-3-5-15)16-13-25-10-11-30-20(25)23-16/h1-5,10-11,13H,6-9,12,14H2,(H,22,29). The summed E-state index contributed by atoms with van der Waals surface area (Å²) in [4.78, 5) is 44.9. The summed E-state index contributed by atoms with van der Waals surface area (Å²) in [7, 11) is 0. The van der Waals surface area contributed by atoms with Crippen LogP contribution < -0.4 is 5.32 Å². The molecule has 154 valence electrons. The number of benzene rings is 1. The third-order valence-electron chi connectivity index (χ3n) is 6.11. The third-order valence-corrected chi connectivity index (χ3v) is 6.88. The molecule has 3 aromatic rings. The molecule has 4 heterocycles. The first-order valence-corrected chi connectivity index (χ1v) is 10.8. The van der Waals surface area contributed by atoms with Crippen LogP contribution in [0.25, 0.3) is 4.96 Å². The molecule has 0 bridgehead atoms. The topological polar surface area (TPSA) is 87.0 Å². The Labute approximate surface area is 177 Å². The lowest BCUT2D eigenvalue weighted by Gasteiger charge is -2.41. The van der Waals surface area contributed by atoms with Crippen LogP contribution in [0.2, 0.25) is 0 Å². The van der Waals surface area contributed by atoms with Gasteiger partial charge in [0.25, 0.3) is 5.91 Å². The van der Waals surface area contributed by atoms with E-state index in [-0.39, 0.29) is 30.3 Å². The molecule has 2 aliphatic heterocycles. The highest BCUT2D eigenvalue weighted by Gasteiger charge is 2.41. The summed E-state index contributed by atoms with van der Waals surface area (Å²) in [6.07, 6.45) is 5.55. The van der Waals surface area contributed by atoms with E-state index in [0.29, 0.717) is 13.1 Å². The maximum Gasteiger partial charge on any atom is 0.325 e. The maximum absolute atomic E-state index is 12.8. The van der Waals surface area contributed by atoms with Gasteiger partial charge in [0.05, 0.1) is 12.2 Å². The Morgan fingerprint density at radius 2 is 1.93 bits per heavy atom. The second kappa shape index (κ2) is 7.24. The molecule has 0 spiro atoms. The van der Waals surface area contributed by atoms with Crippen LogP contribution in [0, 0.1) is 0 Å². The van der Waals surface area contributed by atoms with Gasteiger partial charge in [-0.2, -0.15) is 0 Å². The third kappa shape index (κ3) is 3.06. The predicted molar refractivity (Wildman–Crippen MR) is 111 cm³/mol. The number of imidazole rings is 1. The van der Waals surface area contributed by atoms with Crippen molar-refractivity contribution in [1.29, 1.82) is 0 Å². The number of hydrogen-bond donors (Lipinski definition) is 1. The number of rotatable bonds is 4. The molecular weight excluding hydrogens is 402 g/mol. The number of carbonyl (C=O) groups is 3. The molecule has 9 heteroatoms. The van der Waals surface area contributed by atoms with Gasteiger partial charge in [0.15, 0.2) is 4.96 Å². The zero-order valence-electron chi connectivity index (χ0n) is 16.3. The molecule has 1 aromatic carbocycles. The van der Waals surface area contributed by atoms with Crippen molar-refractivity contribution in [3.05, 3.63) is 59.4 Å². The van der Waals surface area contributed by atoms with Gasteiger partial charge in [0.2, 0.25) is 5.91 Å². The van der Waals surface area contributed by atoms with Crippen molar-refractivity contribution in [2.45, 2.75) is 18.3 Å². The minimum atomic E-state index is -0.498. The van der Waals surface area contributed by atoms with Gasteiger partial charge >= 0.3 is 6.03 Å². The Kier molecular flexibility index (Phi) is 4.54. The van der Waals surface area contributed by atoms with Gasteiger partial charge in [-0.05, 0) is 18.4 Å². The van der Waals surface area contributed by atoms with Crippen LogP contribution >= 0.6 is 11.3 Å². The highest BCUT2D eigenvalue weighted by molar-refractivity contribution is 7.15. The quantitative estimate of drug-likeness (QED) is 0.649. The molecule has 0 unspecified atom stereocenters.